The fraction of sp³-hybridized carbons (Fsp3) is 0.353. The maximum absolute atomic E-state index is 13.1. The number of hydrogen-bond acceptors (Lipinski definition) is 6. The molecule has 0 spiro atoms. The van der Waals surface area contributed by atoms with Gasteiger partial charge in [-0.1, -0.05) is 19.1 Å². The minimum Gasteiger partial charge on any atom is -0.475 e. The van der Waals surface area contributed by atoms with Crippen LogP contribution in [0.4, 0.5) is 5.69 Å². The van der Waals surface area contributed by atoms with Crippen LogP contribution in [0.25, 0.3) is 0 Å². The van der Waals surface area contributed by atoms with Crippen LogP contribution < -0.4 is 9.64 Å². The van der Waals surface area contributed by atoms with Gasteiger partial charge in [0.05, 0.1) is 30.0 Å². The second-order valence-electron chi connectivity index (χ2n) is 5.39. The van der Waals surface area contributed by atoms with Gasteiger partial charge >= 0.3 is 5.97 Å². The number of methoxy groups -OCH3 is 1. The van der Waals surface area contributed by atoms with E-state index in [1.54, 1.807) is 23.1 Å². The summed E-state index contributed by atoms with van der Waals surface area (Å²) in [6, 6.07) is 7.17. The molecule has 24 heavy (non-hydrogen) atoms. The van der Waals surface area contributed by atoms with Gasteiger partial charge in [0.2, 0.25) is 6.10 Å². The Morgan fingerprint density at radius 2 is 2.17 bits per heavy atom. The molecule has 0 saturated heterocycles. The van der Waals surface area contributed by atoms with E-state index < -0.39 is 12.1 Å². The number of para-hydroxylation sites is 2. The first-order valence-electron chi connectivity index (χ1n) is 7.66. The van der Waals surface area contributed by atoms with Crippen molar-refractivity contribution in [1.29, 1.82) is 0 Å². The van der Waals surface area contributed by atoms with Gasteiger partial charge in [-0.05, 0) is 25.5 Å². The van der Waals surface area contributed by atoms with Crippen LogP contribution in [0, 0.1) is 6.92 Å². The molecule has 3 rings (SSSR count). The topological polar surface area (TPSA) is 68.7 Å². The molecule has 0 fully saturated rings. The normalized spacial score (nSPS) is 16.3. The number of benzene rings is 1. The van der Waals surface area contributed by atoms with Crippen molar-refractivity contribution in [2.75, 3.05) is 18.6 Å². The van der Waals surface area contributed by atoms with Gasteiger partial charge in [-0.3, -0.25) is 9.69 Å². The van der Waals surface area contributed by atoms with E-state index in [0.717, 1.165) is 11.4 Å². The highest BCUT2D eigenvalue weighted by Gasteiger charge is 2.35. The van der Waals surface area contributed by atoms with Crippen molar-refractivity contribution in [1.82, 2.24) is 4.98 Å². The van der Waals surface area contributed by atoms with Gasteiger partial charge in [0.25, 0.3) is 5.91 Å². The zero-order valence-corrected chi connectivity index (χ0v) is 14.6. The first kappa shape index (κ1) is 16.4. The van der Waals surface area contributed by atoms with Crippen molar-refractivity contribution in [3.63, 3.8) is 0 Å². The summed E-state index contributed by atoms with van der Waals surface area (Å²) in [6.07, 6.45) is -0.0590. The average molecular weight is 346 g/mol. The van der Waals surface area contributed by atoms with E-state index in [9.17, 15) is 9.59 Å². The number of ether oxygens (including phenoxy) is 2. The summed E-state index contributed by atoms with van der Waals surface area (Å²) < 4.78 is 10.4. The van der Waals surface area contributed by atoms with E-state index in [1.165, 1.54) is 18.4 Å². The molecule has 1 aromatic heterocycles. The summed E-state index contributed by atoms with van der Waals surface area (Å²) in [7, 11) is 1.30. The third-order valence-corrected chi connectivity index (χ3v) is 5.11. The van der Waals surface area contributed by atoms with Crippen LogP contribution in [-0.2, 0) is 16.0 Å². The molecule has 1 atom stereocenters. The van der Waals surface area contributed by atoms with Crippen molar-refractivity contribution in [2.24, 2.45) is 0 Å². The van der Waals surface area contributed by atoms with Crippen molar-refractivity contribution < 1.29 is 19.1 Å². The molecule has 1 aliphatic rings. The van der Waals surface area contributed by atoms with Crippen molar-refractivity contribution >= 4 is 28.9 Å². The number of esters is 1. The number of nitrogens with zero attached hydrogens (tertiary/aromatic N) is 2. The molecule has 7 heteroatoms. The summed E-state index contributed by atoms with van der Waals surface area (Å²) in [4.78, 5) is 31.5. The van der Waals surface area contributed by atoms with Crippen LogP contribution in [0.5, 0.6) is 5.75 Å². The maximum Gasteiger partial charge on any atom is 0.348 e. The number of fused-ring (bicyclic) bond motifs is 1. The molecule has 1 amide bonds. The molecule has 6 nitrogen and oxygen atoms in total. The molecular formula is C17H18N2O4S. The van der Waals surface area contributed by atoms with Gasteiger partial charge in [0, 0.05) is 0 Å². The fourth-order valence-electron chi connectivity index (χ4n) is 2.61. The molecule has 2 heterocycles. The number of carbonyl (C=O) groups is 2. The Morgan fingerprint density at radius 3 is 2.83 bits per heavy atom. The maximum atomic E-state index is 13.1. The standard InChI is InChI=1S/C17H18N2O4S/c1-4-14-18-10(2)15(24-14)16(20)19-9-13(17(21)22-3)23-12-8-6-5-7-11(12)19/h5-8,13H,4,9H2,1-3H3/t13-/m0/s1. The summed E-state index contributed by atoms with van der Waals surface area (Å²) in [6.45, 7) is 3.94. The SMILES string of the molecule is CCc1nc(C)c(C(=O)N2C[C@@H](C(=O)OC)Oc3ccccc32)s1. The van der Waals surface area contributed by atoms with Crippen molar-refractivity contribution in [3.8, 4) is 5.75 Å². The summed E-state index contributed by atoms with van der Waals surface area (Å²) in [5, 5.41) is 0.918. The van der Waals surface area contributed by atoms with E-state index in [0.29, 0.717) is 22.0 Å². The molecule has 1 aromatic carbocycles. The van der Waals surface area contributed by atoms with Crippen LogP contribution in [0.3, 0.4) is 0 Å². The number of aromatic nitrogens is 1. The zero-order chi connectivity index (χ0) is 17.3. The summed E-state index contributed by atoms with van der Waals surface area (Å²) >= 11 is 1.39. The number of hydrogen-bond donors (Lipinski definition) is 0. The molecule has 1 aliphatic heterocycles. The third kappa shape index (κ3) is 2.87. The highest BCUT2D eigenvalue weighted by molar-refractivity contribution is 7.13. The van der Waals surface area contributed by atoms with Crippen LogP contribution >= 0.6 is 11.3 Å². The second-order valence-corrected chi connectivity index (χ2v) is 6.47. The summed E-state index contributed by atoms with van der Waals surface area (Å²) in [5.74, 6) is -0.183. The minimum absolute atomic E-state index is 0.112. The Hall–Kier alpha value is -2.41. The highest BCUT2D eigenvalue weighted by atomic mass is 32.1. The van der Waals surface area contributed by atoms with Crippen LogP contribution in [0.2, 0.25) is 0 Å². The van der Waals surface area contributed by atoms with Gasteiger partial charge in [-0.25, -0.2) is 9.78 Å². The van der Waals surface area contributed by atoms with E-state index in [-0.39, 0.29) is 12.5 Å². The summed E-state index contributed by atoms with van der Waals surface area (Å²) in [5.41, 5.74) is 1.36. The molecule has 0 bridgehead atoms. The lowest BCUT2D eigenvalue weighted by atomic mass is 10.1. The Balaban J connectivity index is 1.99. The minimum atomic E-state index is -0.840. The number of rotatable bonds is 3. The lowest BCUT2D eigenvalue weighted by Crippen LogP contribution is -2.47. The first-order chi connectivity index (χ1) is 11.5. The van der Waals surface area contributed by atoms with Crippen LogP contribution in [0.1, 0.15) is 27.3 Å². The lowest BCUT2D eigenvalue weighted by Gasteiger charge is -2.33. The smallest absolute Gasteiger partial charge is 0.348 e. The Labute approximate surface area is 144 Å². The Morgan fingerprint density at radius 1 is 1.42 bits per heavy atom. The first-order valence-corrected chi connectivity index (χ1v) is 8.48. The van der Waals surface area contributed by atoms with Gasteiger partial charge in [-0.2, -0.15) is 0 Å². The van der Waals surface area contributed by atoms with Crippen LogP contribution in [0.15, 0.2) is 24.3 Å². The number of anilines is 1. The average Bonchev–Trinajstić information content (AvgIpc) is 3.00. The zero-order valence-electron chi connectivity index (χ0n) is 13.7. The lowest BCUT2D eigenvalue weighted by molar-refractivity contribution is -0.148. The van der Waals surface area contributed by atoms with Crippen molar-refractivity contribution in [3.05, 3.63) is 39.8 Å². The van der Waals surface area contributed by atoms with Gasteiger partial charge < -0.3 is 9.47 Å². The fourth-order valence-corrected chi connectivity index (χ4v) is 3.56. The number of amides is 1. The van der Waals surface area contributed by atoms with E-state index in [4.69, 9.17) is 9.47 Å². The predicted octanol–water partition coefficient (Wildman–Crippen LogP) is 2.59. The number of aryl methyl sites for hydroxylation is 2. The molecule has 0 unspecified atom stereocenters. The molecule has 2 aromatic rings. The van der Waals surface area contributed by atoms with E-state index >= 15 is 0 Å². The van der Waals surface area contributed by atoms with E-state index in [2.05, 4.69) is 4.98 Å². The molecule has 0 N–H and O–H groups in total. The van der Waals surface area contributed by atoms with Crippen LogP contribution in [-0.4, -0.2) is 36.6 Å². The Bertz CT molecular complexity index is 787. The van der Waals surface area contributed by atoms with E-state index in [1.807, 2.05) is 19.9 Å². The quantitative estimate of drug-likeness (QED) is 0.799. The van der Waals surface area contributed by atoms with Gasteiger partial charge in [0.1, 0.15) is 10.6 Å². The molecule has 0 aliphatic carbocycles. The predicted molar refractivity (Wildman–Crippen MR) is 90.8 cm³/mol. The Kier molecular flexibility index (Phi) is 4.53. The highest BCUT2D eigenvalue weighted by Crippen LogP contribution is 2.35. The molecule has 126 valence electrons. The second kappa shape index (κ2) is 6.60. The number of carbonyl (C=O) groups excluding carboxylic acids is 2. The van der Waals surface area contributed by atoms with Gasteiger partial charge in [-0.15, -0.1) is 11.3 Å². The van der Waals surface area contributed by atoms with Crippen molar-refractivity contribution in [2.45, 2.75) is 26.4 Å². The number of thiazole rings is 1. The van der Waals surface area contributed by atoms with Gasteiger partial charge in [0.15, 0.2) is 0 Å². The molecule has 0 saturated carbocycles. The molecular weight excluding hydrogens is 328 g/mol. The monoisotopic (exact) mass is 346 g/mol. The largest absolute Gasteiger partial charge is 0.475 e. The molecule has 0 radical (unpaired) electrons. The third-order valence-electron chi connectivity index (χ3n) is 3.82.